The SMILES string of the molecule is O=C1CSN(c2ccccc2)C1=O. The molecule has 0 bridgehead atoms. The van der Waals surface area contributed by atoms with Crippen molar-refractivity contribution < 1.29 is 9.59 Å². The fourth-order valence-electron chi connectivity index (χ4n) is 1.11. The Morgan fingerprint density at radius 3 is 2.38 bits per heavy atom. The third-order valence-corrected chi connectivity index (χ3v) is 2.76. The molecule has 1 aromatic rings. The summed E-state index contributed by atoms with van der Waals surface area (Å²) in [5, 5.41) is 0. The van der Waals surface area contributed by atoms with Gasteiger partial charge in [-0.1, -0.05) is 18.2 Å². The highest BCUT2D eigenvalue weighted by Gasteiger charge is 2.31. The summed E-state index contributed by atoms with van der Waals surface area (Å²) in [6.07, 6.45) is 0. The van der Waals surface area contributed by atoms with E-state index in [1.807, 2.05) is 30.3 Å². The molecule has 1 aliphatic rings. The lowest BCUT2D eigenvalue weighted by Gasteiger charge is -2.11. The van der Waals surface area contributed by atoms with Gasteiger partial charge in [-0.2, -0.15) is 0 Å². The number of Topliss-reactive ketones (excluding diaryl/α,β-unsaturated/α-hetero) is 1. The number of nitrogens with zero attached hydrogens (tertiary/aromatic N) is 1. The number of amides is 1. The monoisotopic (exact) mass is 193 g/mol. The van der Waals surface area contributed by atoms with Crippen molar-refractivity contribution in [3.63, 3.8) is 0 Å². The third kappa shape index (κ3) is 1.45. The second kappa shape index (κ2) is 3.22. The number of carbonyl (C=O) groups is 2. The summed E-state index contributed by atoms with van der Waals surface area (Å²) < 4.78 is 1.43. The number of rotatable bonds is 1. The maximum absolute atomic E-state index is 11.3. The van der Waals surface area contributed by atoms with Crippen LogP contribution < -0.4 is 4.31 Å². The van der Waals surface area contributed by atoms with Gasteiger partial charge < -0.3 is 0 Å². The summed E-state index contributed by atoms with van der Waals surface area (Å²) in [4.78, 5) is 22.2. The molecule has 0 atom stereocenters. The molecule has 0 N–H and O–H groups in total. The summed E-state index contributed by atoms with van der Waals surface area (Å²) in [7, 11) is 0. The minimum atomic E-state index is -0.420. The van der Waals surface area contributed by atoms with Crippen LogP contribution >= 0.6 is 11.9 Å². The highest BCUT2D eigenvalue weighted by molar-refractivity contribution is 8.03. The van der Waals surface area contributed by atoms with Gasteiger partial charge in [-0.05, 0) is 24.1 Å². The molecule has 3 nitrogen and oxygen atoms in total. The van der Waals surface area contributed by atoms with Crippen LogP contribution in [0.3, 0.4) is 0 Å². The molecule has 1 aliphatic heterocycles. The van der Waals surface area contributed by atoms with E-state index in [1.165, 1.54) is 16.3 Å². The van der Waals surface area contributed by atoms with Crippen LogP contribution in [-0.2, 0) is 9.59 Å². The zero-order chi connectivity index (χ0) is 9.26. The Hall–Kier alpha value is -1.29. The van der Waals surface area contributed by atoms with E-state index in [1.54, 1.807) is 0 Å². The van der Waals surface area contributed by atoms with Crippen molar-refractivity contribution >= 4 is 29.3 Å². The van der Waals surface area contributed by atoms with Crippen molar-refractivity contribution in [3.05, 3.63) is 30.3 Å². The van der Waals surface area contributed by atoms with Gasteiger partial charge >= 0.3 is 5.91 Å². The number of hydrogen-bond donors (Lipinski definition) is 0. The smallest absolute Gasteiger partial charge is 0.288 e. The van der Waals surface area contributed by atoms with Crippen molar-refractivity contribution in [2.45, 2.75) is 0 Å². The predicted molar refractivity (Wildman–Crippen MR) is 51.4 cm³/mol. The first-order chi connectivity index (χ1) is 6.29. The van der Waals surface area contributed by atoms with E-state index >= 15 is 0 Å². The molecule has 0 saturated carbocycles. The molecule has 1 heterocycles. The summed E-state index contributed by atoms with van der Waals surface area (Å²) in [6.45, 7) is 0. The van der Waals surface area contributed by atoms with Crippen LogP contribution in [0.5, 0.6) is 0 Å². The van der Waals surface area contributed by atoms with E-state index in [9.17, 15) is 9.59 Å². The average molecular weight is 193 g/mol. The van der Waals surface area contributed by atoms with Gasteiger partial charge in [-0.3, -0.25) is 9.59 Å². The van der Waals surface area contributed by atoms with Gasteiger partial charge in [0, 0.05) is 0 Å². The van der Waals surface area contributed by atoms with Crippen LogP contribution in [-0.4, -0.2) is 17.4 Å². The Labute approximate surface area is 79.9 Å². The van der Waals surface area contributed by atoms with Crippen LogP contribution in [0.2, 0.25) is 0 Å². The maximum Gasteiger partial charge on any atom is 0.305 e. The summed E-state index contributed by atoms with van der Waals surface area (Å²) in [5.41, 5.74) is 0.767. The summed E-state index contributed by atoms with van der Waals surface area (Å²) >= 11 is 1.25. The molecule has 0 aliphatic carbocycles. The topological polar surface area (TPSA) is 37.4 Å². The molecule has 1 saturated heterocycles. The highest BCUT2D eigenvalue weighted by Crippen LogP contribution is 2.27. The number of para-hydroxylation sites is 1. The van der Waals surface area contributed by atoms with Gasteiger partial charge in [0.05, 0.1) is 11.4 Å². The minimum absolute atomic E-state index is 0.258. The van der Waals surface area contributed by atoms with Crippen molar-refractivity contribution in [1.82, 2.24) is 0 Å². The van der Waals surface area contributed by atoms with Gasteiger partial charge in [0.15, 0.2) is 0 Å². The molecular formula is C9H7NO2S. The van der Waals surface area contributed by atoms with Crippen molar-refractivity contribution in [1.29, 1.82) is 0 Å². The van der Waals surface area contributed by atoms with Crippen LogP contribution in [0, 0.1) is 0 Å². The van der Waals surface area contributed by atoms with Crippen LogP contribution in [0.1, 0.15) is 0 Å². The lowest BCUT2D eigenvalue weighted by Crippen LogP contribution is -2.22. The molecule has 1 aromatic carbocycles. The fourth-order valence-corrected chi connectivity index (χ4v) is 1.97. The molecule has 13 heavy (non-hydrogen) atoms. The largest absolute Gasteiger partial charge is 0.305 e. The molecule has 4 heteroatoms. The van der Waals surface area contributed by atoms with Gasteiger partial charge in [0.1, 0.15) is 0 Å². The zero-order valence-corrected chi connectivity index (χ0v) is 7.58. The number of hydrogen-bond acceptors (Lipinski definition) is 3. The molecule has 0 radical (unpaired) electrons. The number of carbonyl (C=O) groups excluding carboxylic acids is 2. The lowest BCUT2D eigenvalue weighted by atomic mass is 10.3. The van der Waals surface area contributed by atoms with E-state index in [4.69, 9.17) is 0 Å². The van der Waals surface area contributed by atoms with Gasteiger partial charge in [0.2, 0.25) is 5.78 Å². The Balaban J connectivity index is 2.29. The summed E-state index contributed by atoms with van der Waals surface area (Å²) in [6, 6.07) is 9.17. The standard InChI is InChI=1S/C9H7NO2S/c11-8-6-13-10(9(8)12)7-4-2-1-3-5-7/h1-5H,6H2. The van der Waals surface area contributed by atoms with Crippen LogP contribution in [0.15, 0.2) is 30.3 Å². The first-order valence-electron chi connectivity index (χ1n) is 3.84. The minimum Gasteiger partial charge on any atom is -0.288 e. The highest BCUT2D eigenvalue weighted by atomic mass is 32.2. The fraction of sp³-hybridized carbons (Fsp3) is 0.111. The first kappa shape index (κ1) is 8.31. The van der Waals surface area contributed by atoms with Gasteiger partial charge in [-0.15, -0.1) is 0 Å². The van der Waals surface area contributed by atoms with E-state index in [0.29, 0.717) is 0 Å². The van der Waals surface area contributed by atoms with E-state index in [0.717, 1.165) is 5.69 Å². The molecule has 66 valence electrons. The Bertz CT molecular complexity index is 350. The maximum atomic E-state index is 11.3. The Morgan fingerprint density at radius 2 is 1.85 bits per heavy atom. The molecular weight excluding hydrogens is 186 g/mol. The van der Waals surface area contributed by atoms with Crippen LogP contribution in [0.4, 0.5) is 5.69 Å². The van der Waals surface area contributed by atoms with Gasteiger partial charge in [-0.25, -0.2) is 4.31 Å². The van der Waals surface area contributed by atoms with Crippen molar-refractivity contribution in [2.24, 2.45) is 0 Å². The van der Waals surface area contributed by atoms with E-state index in [-0.39, 0.29) is 11.5 Å². The zero-order valence-electron chi connectivity index (χ0n) is 6.77. The van der Waals surface area contributed by atoms with Crippen molar-refractivity contribution in [2.75, 3.05) is 10.1 Å². The molecule has 2 rings (SSSR count). The second-order valence-corrected chi connectivity index (χ2v) is 3.54. The number of anilines is 1. The normalized spacial score (nSPS) is 16.8. The van der Waals surface area contributed by atoms with Crippen LogP contribution in [0.25, 0.3) is 0 Å². The van der Waals surface area contributed by atoms with E-state index in [2.05, 4.69) is 0 Å². The third-order valence-electron chi connectivity index (χ3n) is 1.74. The number of benzene rings is 1. The quantitative estimate of drug-likeness (QED) is 0.497. The Kier molecular flexibility index (Phi) is 2.06. The molecule has 1 fully saturated rings. The molecule has 0 spiro atoms. The van der Waals surface area contributed by atoms with Crippen molar-refractivity contribution in [3.8, 4) is 0 Å². The van der Waals surface area contributed by atoms with Gasteiger partial charge in [0.25, 0.3) is 0 Å². The molecule has 1 amide bonds. The van der Waals surface area contributed by atoms with E-state index < -0.39 is 5.91 Å². The second-order valence-electron chi connectivity index (χ2n) is 2.63. The first-order valence-corrected chi connectivity index (χ1v) is 4.78. The number of ketones is 1. The Morgan fingerprint density at radius 1 is 1.15 bits per heavy atom. The lowest BCUT2D eigenvalue weighted by molar-refractivity contribution is -0.133. The molecule has 0 unspecified atom stereocenters. The summed E-state index contributed by atoms with van der Waals surface area (Å²) in [5.74, 6) is -0.488. The predicted octanol–water partition coefficient (Wildman–Crippen LogP) is 1.25. The molecule has 0 aromatic heterocycles. The average Bonchev–Trinajstić information content (AvgIpc) is 2.49.